The maximum absolute atomic E-state index is 12.6. The van der Waals surface area contributed by atoms with Gasteiger partial charge in [0.1, 0.15) is 0 Å². The number of piperazine rings is 1. The average Bonchev–Trinajstić information content (AvgIpc) is 3.27. The highest BCUT2D eigenvalue weighted by Crippen LogP contribution is 2.16. The topological polar surface area (TPSA) is 80.3 Å². The second kappa shape index (κ2) is 10.8. The number of likely N-dealkylation sites (tertiary alicyclic amines) is 1. The molecule has 2 amide bonds. The fourth-order valence-corrected chi connectivity index (χ4v) is 4.02. The van der Waals surface area contributed by atoms with Gasteiger partial charge >= 0.3 is 0 Å². The minimum Gasteiger partial charge on any atom is -0.368 e. The number of nitrogens with zero attached hydrogens (tertiary/aromatic N) is 4. The molecule has 1 aromatic rings. The average molecular weight is 415 g/mol. The number of hydrogen-bond donors (Lipinski definition) is 2. The van der Waals surface area contributed by atoms with Crippen molar-refractivity contribution in [2.24, 2.45) is 4.99 Å². The summed E-state index contributed by atoms with van der Waals surface area (Å²) in [6, 6.07) is 10.5. The molecule has 0 bridgehead atoms. The van der Waals surface area contributed by atoms with E-state index in [9.17, 15) is 9.59 Å². The third-order valence-corrected chi connectivity index (χ3v) is 5.79. The Morgan fingerprint density at radius 3 is 2.43 bits per heavy atom. The summed E-state index contributed by atoms with van der Waals surface area (Å²) in [5.41, 5.74) is 1.22. The minimum atomic E-state index is 0.172. The molecule has 30 heavy (non-hydrogen) atoms. The van der Waals surface area contributed by atoms with E-state index < -0.39 is 0 Å². The maximum atomic E-state index is 12.6. The molecule has 2 heterocycles. The number of hydrogen-bond acceptors (Lipinski definition) is 4. The summed E-state index contributed by atoms with van der Waals surface area (Å²) in [4.78, 5) is 34.8. The Bertz CT molecular complexity index is 730. The predicted molar refractivity (Wildman–Crippen MR) is 120 cm³/mol. The monoisotopic (exact) mass is 414 g/mol. The zero-order valence-corrected chi connectivity index (χ0v) is 18.1. The maximum Gasteiger partial charge on any atom is 0.224 e. The van der Waals surface area contributed by atoms with Gasteiger partial charge in [-0.1, -0.05) is 25.1 Å². The first-order valence-electron chi connectivity index (χ1n) is 10.9. The van der Waals surface area contributed by atoms with Crippen LogP contribution in [0.25, 0.3) is 0 Å². The molecule has 0 saturated carbocycles. The molecule has 2 aliphatic rings. The van der Waals surface area contributed by atoms with E-state index in [0.717, 1.165) is 39.1 Å². The van der Waals surface area contributed by atoms with Gasteiger partial charge in [0, 0.05) is 77.4 Å². The quantitative estimate of drug-likeness (QED) is 0.534. The van der Waals surface area contributed by atoms with Crippen LogP contribution < -0.4 is 15.5 Å². The summed E-state index contributed by atoms with van der Waals surface area (Å²) in [5, 5.41) is 6.60. The highest BCUT2D eigenvalue weighted by molar-refractivity contribution is 5.82. The van der Waals surface area contributed by atoms with Crippen LogP contribution in [0.2, 0.25) is 0 Å². The van der Waals surface area contributed by atoms with Crippen LogP contribution in [-0.2, 0) is 9.59 Å². The van der Waals surface area contributed by atoms with E-state index in [1.165, 1.54) is 5.69 Å². The van der Waals surface area contributed by atoms with Crippen LogP contribution in [0, 0.1) is 0 Å². The van der Waals surface area contributed by atoms with Crippen molar-refractivity contribution in [2.75, 3.05) is 57.8 Å². The Hall–Kier alpha value is -2.77. The lowest BCUT2D eigenvalue weighted by Crippen LogP contribution is -2.50. The van der Waals surface area contributed by atoms with Gasteiger partial charge < -0.3 is 25.3 Å². The van der Waals surface area contributed by atoms with Gasteiger partial charge in [0.2, 0.25) is 11.8 Å². The minimum absolute atomic E-state index is 0.172. The molecule has 3 rings (SSSR count). The Labute approximate surface area is 179 Å². The van der Waals surface area contributed by atoms with Crippen molar-refractivity contribution in [1.29, 1.82) is 0 Å². The van der Waals surface area contributed by atoms with Crippen molar-refractivity contribution in [3.05, 3.63) is 30.3 Å². The molecule has 8 nitrogen and oxygen atoms in total. The molecular formula is C22H34N6O2. The zero-order valence-electron chi connectivity index (χ0n) is 18.1. The molecule has 8 heteroatoms. The fraction of sp³-hybridized carbons (Fsp3) is 0.591. The summed E-state index contributed by atoms with van der Waals surface area (Å²) in [7, 11) is 1.73. The van der Waals surface area contributed by atoms with Gasteiger partial charge in [-0.05, 0) is 18.6 Å². The van der Waals surface area contributed by atoms with Crippen molar-refractivity contribution in [3.8, 4) is 0 Å². The van der Waals surface area contributed by atoms with Crippen molar-refractivity contribution in [1.82, 2.24) is 20.4 Å². The molecule has 0 radical (unpaired) electrons. The number of aliphatic imine (C=N–C) groups is 1. The van der Waals surface area contributed by atoms with Crippen LogP contribution in [0.15, 0.2) is 35.3 Å². The van der Waals surface area contributed by atoms with E-state index in [2.05, 4.69) is 32.7 Å². The standard InChI is InChI=1S/C22H34N6O2/c1-3-20(29)28-12-10-18(17-28)25-22(23-2)24-11-9-21(30)27-15-13-26(14-16-27)19-7-5-4-6-8-19/h4-8,18H,3,9-17H2,1-2H3,(H2,23,24,25). The van der Waals surface area contributed by atoms with Crippen molar-refractivity contribution < 1.29 is 9.59 Å². The van der Waals surface area contributed by atoms with Gasteiger partial charge in [-0.15, -0.1) is 0 Å². The second-order valence-corrected chi connectivity index (χ2v) is 7.78. The molecule has 2 fully saturated rings. The third-order valence-electron chi connectivity index (χ3n) is 5.79. The number of para-hydroxylation sites is 1. The highest BCUT2D eigenvalue weighted by Gasteiger charge is 2.26. The molecule has 2 saturated heterocycles. The van der Waals surface area contributed by atoms with E-state index in [1.54, 1.807) is 7.05 Å². The molecule has 1 atom stereocenters. The van der Waals surface area contributed by atoms with Crippen molar-refractivity contribution in [3.63, 3.8) is 0 Å². The van der Waals surface area contributed by atoms with Gasteiger partial charge in [-0.25, -0.2) is 0 Å². The lowest BCUT2D eigenvalue weighted by atomic mass is 10.2. The number of carbonyl (C=O) groups excluding carboxylic acids is 2. The van der Waals surface area contributed by atoms with Gasteiger partial charge in [0.15, 0.2) is 5.96 Å². The van der Waals surface area contributed by atoms with E-state index in [0.29, 0.717) is 31.9 Å². The van der Waals surface area contributed by atoms with Crippen molar-refractivity contribution in [2.45, 2.75) is 32.2 Å². The van der Waals surface area contributed by atoms with Gasteiger partial charge in [-0.2, -0.15) is 0 Å². The number of anilines is 1. The van der Waals surface area contributed by atoms with E-state index in [4.69, 9.17) is 0 Å². The second-order valence-electron chi connectivity index (χ2n) is 7.78. The molecule has 0 aromatic heterocycles. The molecule has 0 aliphatic carbocycles. The van der Waals surface area contributed by atoms with Crippen LogP contribution in [-0.4, -0.2) is 86.5 Å². The van der Waals surface area contributed by atoms with Crippen LogP contribution >= 0.6 is 0 Å². The summed E-state index contributed by atoms with van der Waals surface area (Å²) < 4.78 is 0. The van der Waals surface area contributed by atoms with E-state index >= 15 is 0 Å². The molecule has 0 spiro atoms. The Kier molecular flexibility index (Phi) is 7.93. The van der Waals surface area contributed by atoms with E-state index in [1.807, 2.05) is 34.9 Å². The number of guanidine groups is 1. The van der Waals surface area contributed by atoms with Gasteiger partial charge in [0.05, 0.1) is 0 Å². The molecular weight excluding hydrogens is 380 g/mol. The third kappa shape index (κ3) is 5.87. The molecule has 1 unspecified atom stereocenters. The first-order chi connectivity index (χ1) is 14.6. The largest absolute Gasteiger partial charge is 0.368 e. The Morgan fingerprint density at radius 2 is 1.77 bits per heavy atom. The normalized spacial score (nSPS) is 19.7. The number of nitrogens with one attached hydrogen (secondary N) is 2. The van der Waals surface area contributed by atoms with Gasteiger partial charge in [0.25, 0.3) is 0 Å². The first-order valence-corrected chi connectivity index (χ1v) is 10.9. The Morgan fingerprint density at radius 1 is 1.03 bits per heavy atom. The van der Waals surface area contributed by atoms with Crippen molar-refractivity contribution >= 4 is 23.5 Å². The predicted octanol–water partition coefficient (Wildman–Crippen LogP) is 0.901. The number of carbonyl (C=O) groups is 2. The number of amides is 2. The SMILES string of the molecule is CCC(=O)N1CCC(NC(=NC)NCCC(=O)N2CCN(c3ccccc3)CC2)C1. The summed E-state index contributed by atoms with van der Waals surface area (Å²) in [6.07, 6.45) is 1.90. The highest BCUT2D eigenvalue weighted by atomic mass is 16.2. The van der Waals surface area contributed by atoms with Crippen LogP contribution in [0.1, 0.15) is 26.2 Å². The molecule has 1 aromatic carbocycles. The zero-order chi connectivity index (χ0) is 21.3. The van der Waals surface area contributed by atoms with Crippen LogP contribution in [0.5, 0.6) is 0 Å². The lowest BCUT2D eigenvalue weighted by molar-refractivity contribution is -0.131. The fourth-order valence-electron chi connectivity index (χ4n) is 4.02. The molecule has 164 valence electrons. The smallest absolute Gasteiger partial charge is 0.224 e. The summed E-state index contributed by atoms with van der Waals surface area (Å²) in [5.74, 6) is 1.05. The Balaban J connectivity index is 1.35. The molecule has 2 aliphatic heterocycles. The van der Waals surface area contributed by atoms with Gasteiger partial charge in [-0.3, -0.25) is 14.6 Å². The number of rotatable bonds is 6. The van der Waals surface area contributed by atoms with Crippen LogP contribution in [0.4, 0.5) is 5.69 Å². The number of benzene rings is 1. The summed E-state index contributed by atoms with van der Waals surface area (Å²) in [6.45, 7) is 7.16. The van der Waals surface area contributed by atoms with E-state index in [-0.39, 0.29) is 17.9 Å². The summed E-state index contributed by atoms with van der Waals surface area (Å²) >= 11 is 0. The first kappa shape index (κ1) is 21.9. The lowest BCUT2D eigenvalue weighted by Gasteiger charge is -2.36. The van der Waals surface area contributed by atoms with Crippen LogP contribution in [0.3, 0.4) is 0 Å². The molecule has 2 N–H and O–H groups in total.